The molecule has 1 aliphatic heterocycles. The zero-order valence-corrected chi connectivity index (χ0v) is 18.4. The third kappa shape index (κ3) is 4.22. The van der Waals surface area contributed by atoms with E-state index in [1.165, 1.54) is 0 Å². The Morgan fingerprint density at radius 1 is 1.24 bits per heavy atom. The van der Waals surface area contributed by atoms with Crippen molar-refractivity contribution in [2.45, 2.75) is 39.3 Å². The fourth-order valence-corrected chi connectivity index (χ4v) is 3.93. The van der Waals surface area contributed by atoms with Gasteiger partial charge in [0, 0.05) is 22.6 Å². The first kappa shape index (κ1) is 20.1. The van der Waals surface area contributed by atoms with Gasteiger partial charge in [0.2, 0.25) is 6.79 Å². The molecule has 0 amide bonds. The normalized spacial score (nSPS) is 13.0. The number of aryl methyl sites for hydroxylation is 1. The van der Waals surface area contributed by atoms with Gasteiger partial charge in [-0.25, -0.2) is 4.98 Å². The Morgan fingerprint density at radius 2 is 2.00 bits per heavy atom. The first-order valence-corrected chi connectivity index (χ1v) is 10.5. The van der Waals surface area contributed by atoms with E-state index in [2.05, 4.69) is 56.7 Å². The van der Waals surface area contributed by atoms with Gasteiger partial charge in [-0.05, 0) is 53.3 Å². The number of halogens is 2. The number of fused-ring (bicyclic) bond motifs is 2. The number of rotatable bonds is 7. The summed E-state index contributed by atoms with van der Waals surface area (Å²) in [5, 5.41) is 3.39. The third-order valence-electron chi connectivity index (χ3n) is 4.67. The number of ether oxygens (including phenoxy) is 2. The SMILES string of the molecule is CC(C)NCCCn1c(Cc2cc3c(cc2[124I])OCO3)nc2c(N)nc(F)nc21. The minimum atomic E-state index is -0.847. The summed E-state index contributed by atoms with van der Waals surface area (Å²) in [4.78, 5) is 12.2. The number of nitrogens with zero attached hydrogens (tertiary/aromatic N) is 4. The van der Waals surface area contributed by atoms with Gasteiger partial charge in [-0.1, -0.05) is 13.8 Å². The number of nitrogens with one attached hydrogen (secondary N) is 1. The largest absolute Gasteiger partial charge is 0.454 e. The van der Waals surface area contributed by atoms with Crippen LogP contribution in [-0.2, 0) is 13.0 Å². The molecule has 10 heteroatoms. The van der Waals surface area contributed by atoms with Gasteiger partial charge < -0.3 is 25.1 Å². The predicted molar refractivity (Wildman–Crippen MR) is 116 cm³/mol. The number of aromatic nitrogens is 4. The molecule has 0 fully saturated rings. The molecule has 1 aliphatic rings. The molecule has 1 aromatic carbocycles. The Bertz CT molecular complexity index is 1060. The van der Waals surface area contributed by atoms with Gasteiger partial charge in [0.25, 0.3) is 0 Å². The lowest BCUT2D eigenvalue weighted by molar-refractivity contribution is 0.174. The maximum absolute atomic E-state index is 13.8. The van der Waals surface area contributed by atoms with Crippen molar-refractivity contribution in [1.82, 2.24) is 24.8 Å². The monoisotopic (exact) mass is 509 g/mol. The molecule has 0 unspecified atom stereocenters. The smallest absolute Gasteiger partial charge is 0.312 e. The molecule has 3 aromatic rings. The summed E-state index contributed by atoms with van der Waals surface area (Å²) in [7, 11) is 0. The Labute approximate surface area is 181 Å². The second kappa shape index (κ2) is 8.27. The number of anilines is 1. The summed E-state index contributed by atoms with van der Waals surface area (Å²) in [6.07, 6.45) is 0.533. The van der Waals surface area contributed by atoms with E-state index in [9.17, 15) is 4.39 Å². The van der Waals surface area contributed by atoms with Crippen molar-refractivity contribution in [3.05, 3.63) is 33.2 Å². The van der Waals surface area contributed by atoms with Gasteiger partial charge >= 0.3 is 6.08 Å². The van der Waals surface area contributed by atoms with E-state index in [0.717, 1.165) is 39.4 Å². The number of imidazole rings is 1. The zero-order chi connectivity index (χ0) is 20.5. The molecule has 0 bridgehead atoms. The van der Waals surface area contributed by atoms with Gasteiger partial charge in [-0.3, -0.25) is 0 Å². The van der Waals surface area contributed by atoms with Crippen LogP contribution in [0, 0.1) is 9.65 Å². The zero-order valence-electron chi connectivity index (χ0n) is 16.2. The van der Waals surface area contributed by atoms with Gasteiger partial charge in [0.05, 0.1) is 0 Å². The average molecular weight is 509 g/mol. The van der Waals surface area contributed by atoms with Gasteiger partial charge in [-0.2, -0.15) is 14.4 Å². The molecule has 3 N–H and O–H groups in total. The van der Waals surface area contributed by atoms with Crippen LogP contribution in [0.15, 0.2) is 12.1 Å². The molecular formula is C19H22FIN6O2. The van der Waals surface area contributed by atoms with Crippen molar-refractivity contribution >= 4 is 39.6 Å². The lowest BCUT2D eigenvalue weighted by Crippen LogP contribution is -2.24. The molecule has 29 heavy (non-hydrogen) atoms. The molecule has 2 aromatic heterocycles. The van der Waals surface area contributed by atoms with E-state index in [1.54, 1.807) is 0 Å². The lowest BCUT2D eigenvalue weighted by atomic mass is 10.1. The molecule has 0 saturated heterocycles. The van der Waals surface area contributed by atoms with Crippen molar-refractivity contribution in [3.8, 4) is 11.5 Å². The lowest BCUT2D eigenvalue weighted by Gasteiger charge is -2.12. The van der Waals surface area contributed by atoms with E-state index in [4.69, 9.17) is 15.2 Å². The summed E-state index contributed by atoms with van der Waals surface area (Å²) in [5.41, 5.74) is 7.80. The van der Waals surface area contributed by atoms with Crippen LogP contribution in [0.3, 0.4) is 0 Å². The summed E-state index contributed by atoms with van der Waals surface area (Å²) >= 11 is 2.27. The van der Waals surface area contributed by atoms with Gasteiger partial charge in [0.1, 0.15) is 5.82 Å². The maximum atomic E-state index is 13.8. The quantitative estimate of drug-likeness (QED) is 0.287. The van der Waals surface area contributed by atoms with Gasteiger partial charge in [0.15, 0.2) is 28.5 Å². The van der Waals surface area contributed by atoms with Crippen LogP contribution in [-0.4, -0.2) is 38.9 Å². The first-order chi connectivity index (χ1) is 13.9. The molecule has 0 radical (unpaired) electrons. The number of hydrogen-bond acceptors (Lipinski definition) is 7. The minimum Gasteiger partial charge on any atom is -0.454 e. The summed E-state index contributed by atoms with van der Waals surface area (Å²) < 4.78 is 27.7. The van der Waals surface area contributed by atoms with Crippen LogP contribution in [0.2, 0.25) is 0 Å². The van der Waals surface area contributed by atoms with Crippen LogP contribution in [0.1, 0.15) is 31.7 Å². The van der Waals surface area contributed by atoms with Crippen molar-refractivity contribution in [2.75, 3.05) is 19.1 Å². The number of nitrogens with two attached hydrogens (primary N) is 1. The highest BCUT2D eigenvalue weighted by molar-refractivity contribution is 14.1. The van der Waals surface area contributed by atoms with Gasteiger partial charge in [-0.15, -0.1) is 0 Å². The fourth-order valence-electron chi connectivity index (χ4n) is 3.30. The van der Waals surface area contributed by atoms with Crippen LogP contribution in [0.25, 0.3) is 11.2 Å². The summed E-state index contributed by atoms with van der Waals surface area (Å²) in [6, 6.07) is 4.31. The molecule has 8 nitrogen and oxygen atoms in total. The molecule has 0 aliphatic carbocycles. The second-order valence-corrected chi connectivity index (χ2v) is 8.33. The Balaban J connectivity index is 1.69. The van der Waals surface area contributed by atoms with Crippen LogP contribution < -0.4 is 20.5 Å². The standard InChI is InChI=1S/C19H22FIN6O2/c1-10(2)23-4-3-5-27-15(24-16-17(22)25-19(20)26-18(16)27)7-11-6-13-14(8-12(11)21)29-9-28-13/h6,8,10,23H,3-5,7,9H2,1-2H3,(H2,22,25,26)/i21-3. The highest BCUT2D eigenvalue weighted by Crippen LogP contribution is 2.36. The molecule has 4 rings (SSSR count). The van der Waals surface area contributed by atoms with Crippen molar-refractivity contribution < 1.29 is 13.9 Å². The molecule has 0 spiro atoms. The van der Waals surface area contributed by atoms with E-state index in [1.807, 2.05) is 16.7 Å². The number of nitrogen functional groups attached to an aromatic ring is 1. The summed E-state index contributed by atoms with van der Waals surface area (Å²) in [6.45, 7) is 5.90. The molecule has 3 heterocycles. The topological polar surface area (TPSA) is 100 Å². The second-order valence-electron chi connectivity index (χ2n) is 7.17. The van der Waals surface area contributed by atoms with Crippen molar-refractivity contribution in [3.63, 3.8) is 0 Å². The maximum Gasteiger partial charge on any atom is 0.312 e. The van der Waals surface area contributed by atoms with Crippen LogP contribution in [0.4, 0.5) is 10.2 Å². The molecule has 154 valence electrons. The number of benzene rings is 1. The third-order valence-corrected chi connectivity index (χ3v) is 5.68. The van der Waals surface area contributed by atoms with Crippen molar-refractivity contribution in [2.24, 2.45) is 0 Å². The Hall–Kier alpha value is -2.21. The Morgan fingerprint density at radius 3 is 2.76 bits per heavy atom. The van der Waals surface area contributed by atoms with E-state index >= 15 is 0 Å². The first-order valence-electron chi connectivity index (χ1n) is 9.42. The minimum absolute atomic E-state index is 0.0492. The molecular weight excluding hydrogens is 487 g/mol. The van der Waals surface area contributed by atoms with Crippen LogP contribution in [0.5, 0.6) is 11.5 Å². The van der Waals surface area contributed by atoms with Crippen molar-refractivity contribution in [1.29, 1.82) is 0 Å². The average Bonchev–Trinajstić information content (AvgIpc) is 3.23. The summed E-state index contributed by atoms with van der Waals surface area (Å²) in [5.74, 6) is 2.26. The molecule has 0 atom stereocenters. The van der Waals surface area contributed by atoms with E-state index in [-0.39, 0.29) is 12.6 Å². The molecule has 0 saturated carbocycles. The van der Waals surface area contributed by atoms with E-state index in [0.29, 0.717) is 30.2 Å². The number of hydrogen-bond donors (Lipinski definition) is 2. The fraction of sp³-hybridized carbons (Fsp3) is 0.421. The highest BCUT2D eigenvalue weighted by atomic mass is 124. The highest BCUT2D eigenvalue weighted by Gasteiger charge is 2.20. The van der Waals surface area contributed by atoms with Crippen LogP contribution >= 0.6 is 22.6 Å². The Kier molecular flexibility index (Phi) is 5.72. The van der Waals surface area contributed by atoms with E-state index < -0.39 is 6.08 Å². The predicted octanol–water partition coefficient (Wildman–Crippen LogP) is 2.86.